The van der Waals surface area contributed by atoms with Crippen molar-refractivity contribution in [3.05, 3.63) is 0 Å². The van der Waals surface area contributed by atoms with Crippen LogP contribution in [-0.2, 0) is 19.2 Å². The summed E-state index contributed by atoms with van der Waals surface area (Å²) in [4.78, 5) is 50.6. The lowest BCUT2D eigenvalue weighted by atomic mass is 9.47. The second-order valence-corrected chi connectivity index (χ2v) is 8.67. The van der Waals surface area contributed by atoms with Crippen molar-refractivity contribution in [2.75, 3.05) is 0 Å². The Balaban J connectivity index is 2.13. The third kappa shape index (κ3) is 2.12. The number of amides is 1. The summed E-state index contributed by atoms with van der Waals surface area (Å²) in [7, 11) is 0. The first kappa shape index (κ1) is 17.3. The van der Waals surface area contributed by atoms with Crippen molar-refractivity contribution in [2.24, 2.45) is 22.7 Å². The fraction of sp³-hybridized carbons (Fsp3) is 0.789. The summed E-state index contributed by atoms with van der Waals surface area (Å²) in [5.74, 6) is -1.12. The number of ketones is 3. The highest BCUT2D eigenvalue weighted by atomic mass is 16.2. The maximum absolute atomic E-state index is 13.3. The number of Topliss-reactive ketones (excluding diaryl/α,β-unsaturated/α-hetero) is 3. The van der Waals surface area contributed by atoms with Gasteiger partial charge < -0.3 is 5.32 Å². The molecule has 3 saturated carbocycles. The number of hydrogen-bond acceptors (Lipinski definition) is 4. The van der Waals surface area contributed by atoms with Crippen LogP contribution in [0.25, 0.3) is 0 Å². The van der Waals surface area contributed by atoms with Gasteiger partial charge in [0.2, 0.25) is 17.5 Å². The van der Waals surface area contributed by atoms with E-state index in [1.54, 1.807) is 6.92 Å². The average Bonchev–Trinajstić information content (AvgIpc) is 2.86. The third-order valence-electron chi connectivity index (χ3n) is 7.28. The molecule has 3 fully saturated rings. The van der Waals surface area contributed by atoms with E-state index in [2.05, 4.69) is 19.2 Å². The van der Waals surface area contributed by atoms with Crippen LogP contribution in [0.5, 0.6) is 0 Å². The first-order valence-corrected chi connectivity index (χ1v) is 8.97. The van der Waals surface area contributed by atoms with Gasteiger partial charge >= 0.3 is 0 Å². The molecule has 0 saturated heterocycles. The van der Waals surface area contributed by atoms with Crippen molar-refractivity contribution in [1.82, 2.24) is 5.32 Å². The van der Waals surface area contributed by atoms with Crippen LogP contribution >= 0.6 is 0 Å². The zero-order chi connectivity index (χ0) is 17.9. The Kier molecular flexibility index (Phi) is 3.78. The molecule has 24 heavy (non-hydrogen) atoms. The monoisotopic (exact) mass is 333 g/mol. The lowest BCUT2D eigenvalue weighted by Gasteiger charge is -2.55. The molecule has 5 nitrogen and oxygen atoms in total. The number of carbonyl (C=O) groups is 4. The minimum absolute atomic E-state index is 0.147. The molecule has 0 spiro atoms. The van der Waals surface area contributed by atoms with E-state index in [1.807, 2.05) is 0 Å². The molecule has 5 heteroatoms. The minimum Gasteiger partial charge on any atom is -0.344 e. The third-order valence-corrected chi connectivity index (χ3v) is 7.28. The first-order chi connectivity index (χ1) is 11.1. The Bertz CT molecular complexity index is 641. The van der Waals surface area contributed by atoms with Gasteiger partial charge in [0.25, 0.3) is 0 Å². The Hall–Kier alpha value is -1.52. The summed E-state index contributed by atoms with van der Waals surface area (Å²) in [5.41, 5.74) is -2.29. The van der Waals surface area contributed by atoms with Gasteiger partial charge in [-0.3, -0.25) is 19.2 Å². The van der Waals surface area contributed by atoms with Crippen LogP contribution in [0, 0.1) is 22.7 Å². The number of rotatable bonds is 1. The SMILES string of the molecule is CC(=O)N[C@]1(C)CC[C@]2(C)[C@H](C)CC[C@]3(CCC(=O)[C@H]32)C(=O)C1=O. The van der Waals surface area contributed by atoms with Crippen molar-refractivity contribution in [2.45, 2.75) is 71.8 Å². The Morgan fingerprint density at radius 2 is 1.71 bits per heavy atom. The van der Waals surface area contributed by atoms with Crippen molar-refractivity contribution in [3.63, 3.8) is 0 Å². The maximum Gasteiger partial charge on any atom is 0.224 e. The van der Waals surface area contributed by atoms with E-state index in [9.17, 15) is 19.2 Å². The van der Waals surface area contributed by atoms with E-state index in [0.29, 0.717) is 38.0 Å². The zero-order valence-electron chi connectivity index (χ0n) is 15.0. The second kappa shape index (κ2) is 5.24. The number of nitrogens with one attached hydrogen (secondary N) is 1. The topological polar surface area (TPSA) is 80.3 Å². The van der Waals surface area contributed by atoms with Crippen LogP contribution < -0.4 is 5.32 Å². The smallest absolute Gasteiger partial charge is 0.224 e. The second-order valence-electron chi connectivity index (χ2n) is 8.67. The molecule has 2 bridgehead atoms. The normalized spacial score (nSPS) is 45.4. The number of carbonyl (C=O) groups excluding carboxylic acids is 4. The summed E-state index contributed by atoms with van der Waals surface area (Å²) in [6.45, 7) is 7.29. The van der Waals surface area contributed by atoms with Gasteiger partial charge in [0.05, 0.1) is 0 Å². The molecule has 1 N–H and O–H groups in total. The molecule has 0 aromatic carbocycles. The molecule has 5 atom stereocenters. The lowest BCUT2D eigenvalue weighted by Crippen LogP contribution is -2.63. The highest BCUT2D eigenvalue weighted by molar-refractivity contribution is 6.43. The van der Waals surface area contributed by atoms with Crippen LogP contribution in [0.3, 0.4) is 0 Å². The van der Waals surface area contributed by atoms with Crippen LogP contribution in [0.1, 0.15) is 66.2 Å². The Morgan fingerprint density at radius 1 is 1.04 bits per heavy atom. The van der Waals surface area contributed by atoms with E-state index in [0.717, 1.165) is 6.42 Å². The molecule has 0 heterocycles. The van der Waals surface area contributed by atoms with Gasteiger partial charge in [0, 0.05) is 24.7 Å². The summed E-state index contributed by atoms with van der Waals surface area (Å²) < 4.78 is 0. The molecule has 0 aromatic rings. The molecule has 3 rings (SSSR count). The molecule has 132 valence electrons. The molecule has 1 amide bonds. The van der Waals surface area contributed by atoms with Crippen LogP contribution in [-0.4, -0.2) is 28.8 Å². The van der Waals surface area contributed by atoms with Gasteiger partial charge in [-0.05, 0) is 50.4 Å². The lowest BCUT2D eigenvalue weighted by molar-refractivity contribution is -0.161. The standard InChI is InChI=1S/C19H27NO4/c1-11-5-7-19-8-6-13(22)14(19)17(11,3)9-10-18(4,20-12(2)21)15(23)16(19)24/h11,14H,5-10H2,1-4H3,(H,20,21)/t11-,14+,17-,18-,19-/m1/s1. The quantitative estimate of drug-likeness (QED) is 0.746. The molecule has 0 unspecified atom stereocenters. The van der Waals surface area contributed by atoms with Gasteiger partial charge in [-0.25, -0.2) is 0 Å². The van der Waals surface area contributed by atoms with E-state index < -0.39 is 22.5 Å². The highest BCUT2D eigenvalue weighted by Crippen LogP contribution is 2.63. The Labute approximate surface area is 142 Å². The zero-order valence-corrected chi connectivity index (χ0v) is 15.0. The van der Waals surface area contributed by atoms with Gasteiger partial charge in [-0.15, -0.1) is 0 Å². The molecule has 0 aromatic heterocycles. The summed E-state index contributed by atoms with van der Waals surface area (Å²) in [6, 6.07) is 0. The number of hydrogen-bond donors (Lipinski definition) is 1. The average molecular weight is 333 g/mol. The summed E-state index contributed by atoms with van der Waals surface area (Å²) in [5, 5.41) is 2.72. The van der Waals surface area contributed by atoms with Crippen LogP contribution in [0.2, 0.25) is 0 Å². The fourth-order valence-corrected chi connectivity index (χ4v) is 5.67. The van der Waals surface area contributed by atoms with Crippen molar-refractivity contribution < 1.29 is 19.2 Å². The van der Waals surface area contributed by atoms with E-state index in [4.69, 9.17) is 0 Å². The summed E-state index contributed by atoms with van der Waals surface area (Å²) >= 11 is 0. The molecule has 3 aliphatic carbocycles. The fourth-order valence-electron chi connectivity index (χ4n) is 5.67. The van der Waals surface area contributed by atoms with Crippen molar-refractivity contribution in [3.8, 4) is 0 Å². The molecule has 0 aliphatic heterocycles. The largest absolute Gasteiger partial charge is 0.344 e. The summed E-state index contributed by atoms with van der Waals surface area (Å²) in [6.07, 6.45) is 3.43. The highest BCUT2D eigenvalue weighted by Gasteiger charge is 2.66. The molecular weight excluding hydrogens is 306 g/mol. The van der Waals surface area contributed by atoms with Gasteiger partial charge in [-0.2, -0.15) is 0 Å². The van der Waals surface area contributed by atoms with E-state index in [1.165, 1.54) is 6.92 Å². The molecule has 3 aliphatic rings. The minimum atomic E-state index is -1.16. The van der Waals surface area contributed by atoms with Crippen LogP contribution in [0.4, 0.5) is 0 Å². The predicted molar refractivity (Wildman–Crippen MR) is 88.1 cm³/mol. The van der Waals surface area contributed by atoms with Crippen molar-refractivity contribution in [1.29, 1.82) is 0 Å². The maximum atomic E-state index is 13.3. The first-order valence-electron chi connectivity index (χ1n) is 8.97. The molecule has 0 radical (unpaired) electrons. The van der Waals surface area contributed by atoms with Gasteiger partial charge in [-0.1, -0.05) is 13.8 Å². The van der Waals surface area contributed by atoms with E-state index >= 15 is 0 Å². The van der Waals surface area contributed by atoms with Gasteiger partial charge in [0.15, 0.2) is 0 Å². The van der Waals surface area contributed by atoms with E-state index in [-0.39, 0.29) is 23.0 Å². The van der Waals surface area contributed by atoms with Gasteiger partial charge in [0.1, 0.15) is 11.3 Å². The predicted octanol–water partition coefficient (Wildman–Crippen LogP) is 2.21. The molecular formula is C19H27NO4. The Morgan fingerprint density at radius 3 is 2.33 bits per heavy atom. The van der Waals surface area contributed by atoms with Crippen LogP contribution in [0.15, 0.2) is 0 Å². The van der Waals surface area contributed by atoms with Crippen molar-refractivity contribution >= 4 is 23.3 Å².